The summed E-state index contributed by atoms with van der Waals surface area (Å²) in [5, 5.41) is 5.54. The van der Waals surface area contributed by atoms with Crippen LogP contribution in [0, 0.1) is 5.82 Å². The molecular formula is C19H21FN4O2. The van der Waals surface area contributed by atoms with E-state index in [-0.39, 0.29) is 17.8 Å². The molecule has 6 nitrogen and oxygen atoms in total. The molecule has 1 aliphatic heterocycles. The summed E-state index contributed by atoms with van der Waals surface area (Å²) in [5.74, 6) is -0.418. The van der Waals surface area contributed by atoms with Crippen molar-refractivity contribution in [2.75, 3.05) is 41.7 Å². The Morgan fingerprint density at radius 1 is 0.923 bits per heavy atom. The molecule has 1 fully saturated rings. The van der Waals surface area contributed by atoms with Gasteiger partial charge in [0.1, 0.15) is 5.82 Å². The van der Waals surface area contributed by atoms with E-state index in [0.29, 0.717) is 37.6 Å². The van der Waals surface area contributed by atoms with Gasteiger partial charge in [0.2, 0.25) is 5.91 Å². The number of piperazine rings is 1. The van der Waals surface area contributed by atoms with Crippen molar-refractivity contribution in [1.29, 1.82) is 0 Å². The van der Waals surface area contributed by atoms with Crippen LogP contribution in [0.15, 0.2) is 48.5 Å². The zero-order chi connectivity index (χ0) is 18.5. The highest BCUT2D eigenvalue weighted by atomic mass is 19.1. The fourth-order valence-electron chi connectivity index (χ4n) is 2.90. The minimum absolute atomic E-state index is 0.162. The number of carbonyl (C=O) groups is 2. The first-order valence-corrected chi connectivity index (χ1v) is 8.45. The second-order valence-electron chi connectivity index (χ2n) is 6.14. The van der Waals surface area contributed by atoms with Crippen LogP contribution in [0.4, 0.5) is 26.2 Å². The van der Waals surface area contributed by atoms with Gasteiger partial charge in [-0.2, -0.15) is 0 Å². The normalized spacial score (nSPS) is 14.1. The number of hydrogen-bond acceptors (Lipinski definition) is 3. The van der Waals surface area contributed by atoms with Gasteiger partial charge >= 0.3 is 6.03 Å². The summed E-state index contributed by atoms with van der Waals surface area (Å²) >= 11 is 0. The van der Waals surface area contributed by atoms with E-state index in [4.69, 9.17) is 0 Å². The second kappa shape index (κ2) is 7.86. The lowest BCUT2D eigenvalue weighted by Gasteiger charge is -2.36. The van der Waals surface area contributed by atoms with Gasteiger partial charge in [-0.15, -0.1) is 0 Å². The fourth-order valence-corrected chi connectivity index (χ4v) is 2.90. The Balaban J connectivity index is 1.55. The highest BCUT2D eigenvalue weighted by Gasteiger charge is 2.21. The Morgan fingerprint density at radius 3 is 2.15 bits per heavy atom. The zero-order valence-corrected chi connectivity index (χ0v) is 14.5. The molecule has 3 amide bonds. The SMILES string of the molecule is CC(=O)Nc1cccc(NC(=O)N2CCN(c3ccc(F)cc3)CC2)c1. The summed E-state index contributed by atoms with van der Waals surface area (Å²) in [4.78, 5) is 27.4. The molecule has 3 rings (SSSR count). The first kappa shape index (κ1) is 17.7. The molecule has 0 bridgehead atoms. The second-order valence-corrected chi connectivity index (χ2v) is 6.14. The van der Waals surface area contributed by atoms with Gasteiger partial charge in [-0.25, -0.2) is 9.18 Å². The van der Waals surface area contributed by atoms with Crippen molar-refractivity contribution < 1.29 is 14.0 Å². The number of nitrogens with zero attached hydrogens (tertiary/aromatic N) is 2. The van der Waals surface area contributed by atoms with E-state index in [1.807, 2.05) is 0 Å². The Labute approximate surface area is 151 Å². The number of amides is 3. The van der Waals surface area contributed by atoms with Crippen molar-refractivity contribution >= 4 is 29.0 Å². The van der Waals surface area contributed by atoms with Crippen molar-refractivity contribution in [2.24, 2.45) is 0 Å². The van der Waals surface area contributed by atoms with Gasteiger partial charge < -0.3 is 20.4 Å². The topological polar surface area (TPSA) is 64.7 Å². The quantitative estimate of drug-likeness (QED) is 0.888. The largest absolute Gasteiger partial charge is 0.368 e. The molecule has 136 valence electrons. The smallest absolute Gasteiger partial charge is 0.321 e. The summed E-state index contributed by atoms with van der Waals surface area (Å²) < 4.78 is 13.0. The molecule has 2 aromatic carbocycles. The number of hydrogen-bond donors (Lipinski definition) is 2. The van der Waals surface area contributed by atoms with Crippen LogP contribution in [0.1, 0.15) is 6.92 Å². The lowest BCUT2D eigenvalue weighted by Crippen LogP contribution is -2.50. The lowest BCUT2D eigenvalue weighted by atomic mass is 10.2. The molecule has 2 N–H and O–H groups in total. The molecule has 1 aliphatic rings. The Kier molecular flexibility index (Phi) is 5.36. The van der Waals surface area contributed by atoms with Gasteiger partial charge in [0, 0.05) is 50.2 Å². The molecule has 1 saturated heterocycles. The highest BCUT2D eigenvalue weighted by Crippen LogP contribution is 2.19. The molecule has 0 unspecified atom stereocenters. The molecule has 1 heterocycles. The Bertz CT molecular complexity index is 786. The van der Waals surface area contributed by atoms with Gasteiger partial charge in [-0.3, -0.25) is 4.79 Å². The predicted octanol–water partition coefficient (Wildman–Crippen LogP) is 3.14. The van der Waals surface area contributed by atoms with Crippen molar-refractivity contribution in [3.05, 3.63) is 54.3 Å². The summed E-state index contributed by atoms with van der Waals surface area (Å²) in [5.41, 5.74) is 2.22. The van der Waals surface area contributed by atoms with E-state index in [1.54, 1.807) is 41.3 Å². The molecular weight excluding hydrogens is 335 g/mol. The van der Waals surface area contributed by atoms with Crippen molar-refractivity contribution in [3.8, 4) is 0 Å². The molecule has 2 aromatic rings. The number of nitrogens with one attached hydrogen (secondary N) is 2. The van der Waals surface area contributed by atoms with Crippen LogP contribution in [0.25, 0.3) is 0 Å². The Hall–Kier alpha value is -3.09. The maximum absolute atomic E-state index is 13.0. The van der Waals surface area contributed by atoms with Crippen LogP contribution in [-0.4, -0.2) is 43.0 Å². The third-order valence-corrected chi connectivity index (χ3v) is 4.19. The van der Waals surface area contributed by atoms with Crippen molar-refractivity contribution in [1.82, 2.24) is 4.90 Å². The minimum Gasteiger partial charge on any atom is -0.368 e. The van der Waals surface area contributed by atoms with Gasteiger partial charge in [0.05, 0.1) is 0 Å². The molecule has 0 atom stereocenters. The fraction of sp³-hybridized carbons (Fsp3) is 0.263. The summed E-state index contributed by atoms with van der Waals surface area (Å²) in [6, 6.07) is 13.2. The van der Waals surface area contributed by atoms with Crippen molar-refractivity contribution in [3.63, 3.8) is 0 Å². The van der Waals surface area contributed by atoms with E-state index in [9.17, 15) is 14.0 Å². The van der Waals surface area contributed by atoms with E-state index >= 15 is 0 Å². The standard InChI is InChI=1S/C19H21FN4O2/c1-14(25)21-16-3-2-4-17(13-16)22-19(26)24-11-9-23(10-12-24)18-7-5-15(20)6-8-18/h2-8,13H,9-12H2,1H3,(H,21,25)(H,22,26). The maximum atomic E-state index is 13.0. The number of urea groups is 1. The zero-order valence-electron chi connectivity index (χ0n) is 14.5. The van der Waals surface area contributed by atoms with E-state index < -0.39 is 0 Å². The van der Waals surface area contributed by atoms with Crippen LogP contribution in [0.5, 0.6) is 0 Å². The molecule has 0 saturated carbocycles. The highest BCUT2D eigenvalue weighted by molar-refractivity contribution is 5.92. The number of benzene rings is 2. The number of rotatable bonds is 3. The average Bonchev–Trinajstić information content (AvgIpc) is 2.62. The molecule has 7 heteroatoms. The minimum atomic E-state index is -0.256. The van der Waals surface area contributed by atoms with Crippen LogP contribution in [0.3, 0.4) is 0 Å². The molecule has 0 aromatic heterocycles. The number of halogens is 1. The Morgan fingerprint density at radius 2 is 1.54 bits per heavy atom. The maximum Gasteiger partial charge on any atom is 0.321 e. The third kappa shape index (κ3) is 4.50. The van der Waals surface area contributed by atoms with Crippen LogP contribution in [0.2, 0.25) is 0 Å². The summed E-state index contributed by atoms with van der Waals surface area (Å²) in [6.45, 7) is 3.96. The molecule has 26 heavy (non-hydrogen) atoms. The van der Waals surface area contributed by atoms with Gasteiger partial charge in [-0.1, -0.05) is 6.07 Å². The molecule has 0 radical (unpaired) electrons. The summed E-state index contributed by atoms with van der Waals surface area (Å²) in [6.07, 6.45) is 0. The third-order valence-electron chi connectivity index (χ3n) is 4.19. The predicted molar refractivity (Wildman–Crippen MR) is 100.0 cm³/mol. The van der Waals surface area contributed by atoms with E-state index in [2.05, 4.69) is 15.5 Å². The number of anilines is 3. The molecule has 0 spiro atoms. The van der Waals surface area contributed by atoms with E-state index in [1.165, 1.54) is 19.1 Å². The van der Waals surface area contributed by atoms with Crippen LogP contribution >= 0.6 is 0 Å². The van der Waals surface area contributed by atoms with Gasteiger partial charge in [0.25, 0.3) is 0 Å². The van der Waals surface area contributed by atoms with Gasteiger partial charge in [0.15, 0.2) is 0 Å². The lowest BCUT2D eigenvalue weighted by molar-refractivity contribution is -0.114. The first-order valence-electron chi connectivity index (χ1n) is 8.45. The van der Waals surface area contributed by atoms with Crippen molar-refractivity contribution in [2.45, 2.75) is 6.92 Å². The number of carbonyl (C=O) groups excluding carboxylic acids is 2. The van der Waals surface area contributed by atoms with Crippen LogP contribution in [-0.2, 0) is 4.79 Å². The monoisotopic (exact) mass is 356 g/mol. The van der Waals surface area contributed by atoms with Gasteiger partial charge in [-0.05, 0) is 42.5 Å². The first-order chi connectivity index (χ1) is 12.5. The average molecular weight is 356 g/mol. The van der Waals surface area contributed by atoms with E-state index in [0.717, 1.165) is 5.69 Å². The van der Waals surface area contributed by atoms with Crippen LogP contribution < -0.4 is 15.5 Å². The summed E-state index contributed by atoms with van der Waals surface area (Å²) in [7, 11) is 0. The molecule has 0 aliphatic carbocycles.